The molecule has 2 atom stereocenters. The van der Waals surface area contributed by atoms with Gasteiger partial charge >= 0.3 is 0 Å². The molecule has 1 aliphatic rings. The Kier molecular flexibility index (Phi) is 5.86. The molecule has 0 aliphatic heterocycles. The van der Waals surface area contributed by atoms with Gasteiger partial charge in [0.1, 0.15) is 5.82 Å². The van der Waals surface area contributed by atoms with E-state index in [2.05, 4.69) is 5.32 Å². The Balaban J connectivity index is 1.68. The highest BCUT2D eigenvalue weighted by Gasteiger charge is 2.27. The normalized spacial score (nSPS) is 21.9. The molecule has 1 fully saturated rings. The van der Waals surface area contributed by atoms with Gasteiger partial charge in [-0.3, -0.25) is 4.79 Å². The third kappa shape index (κ3) is 4.49. The largest absolute Gasteiger partial charge is 0.396 e. The van der Waals surface area contributed by atoms with E-state index < -0.39 is 0 Å². The molecule has 2 rings (SSSR count). The zero-order valence-corrected chi connectivity index (χ0v) is 12.2. The lowest BCUT2D eigenvalue weighted by Crippen LogP contribution is -2.39. The fourth-order valence-corrected chi connectivity index (χ4v) is 3.33. The predicted octanol–water partition coefficient (Wildman–Crippen LogP) is 2.34. The summed E-state index contributed by atoms with van der Waals surface area (Å²) < 4.78 is 12.7. The first kappa shape index (κ1) is 15.3. The molecular formula is C15H20FNO2S. The molecule has 110 valence electrons. The van der Waals surface area contributed by atoms with Gasteiger partial charge in [-0.2, -0.15) is 0 Å². The standard InChI is InChI=1S/C15H20FNO2S/c16-13-6-4-11(5-7-13)9-20-10-15(19)17-14-3-1-2-12(14)8-18/h4-7,12,14,18H,1-3,8-10H2,(H,17,19). The van der Waals surface area contributed by atoms with Crippen LogP contribution in [0.2, 0.25) is 0 Å². The number of halogens is 1. The van der Waals surface area contributed by atoms with Crippen molar-refractivity contribution in [3.8, 4) is 0 Å². The van der Waals surface area contributed by atoms with Crippen molar-refractivity contribution in [2.45, 2.75) is 31.1 Å². The zero-order chi connectivity index (χ0) is 14.4. The number of thioether (sulfide) groups is 1. The molecule has 1 aromatic rings. The molecule has 5 heteroatoms. The fourth-order valence-electron chi connectivity index (χ4n) is 2.54. The summed E-state index contributed by atoms with van der Waals surface area (Å²) in [7, 11) is 0. The maximum atomic E-state index is 12.7. The van der Waals surface area contributed by atoms with E-state index in [1.807, 2.05) is 0 Å². The molecule has 0 aromatic heterocycles. The molecule has 0 bridgehead atoms. The van der Waals surface area contributed by atoms with Crippen LogP contribution in [-0.2, 0) is 10.5 Å². The molecule has 1 aliphatic carbocycles. The molecule has 0 radical (unpaired) electrons. The lowest BCUT2D eigenvalue weighted by Gasteiger charge is -2.18. The third-order valence-electron chi connectivity index (χ3n) is 3.66. The molecule has 2 unspecified atom stereocenters. The van der Waals surface area contributed by atoms with Crippen molar-refractivity contribution in [3.63, 3.8) is 0 Å². The van der Waals surface area contributed by atoms with Crippen molar-refractivity contribution in [1.29, 1.82) is 0 Å². The topological polar surface area (TPSA) is 49.3 Å². The summed E-state index contributed by atoms with van der Waals surface area (Å²) in [6.07, 6.45) is 3.02. The van der Waals surface area contributed by atoms with Crippen LogP contribution in [0.1, 0.15) is 24.8 Å². The highest BCUT2D eigenvalue weighted by Crippen LogP contribution is 2.25. The number of carbonyl (C=O) groups is 1. The average molecular weight is 297 g/mol. The summed E-state index contributed by atoms with van der Waals surface area (Å²) >= 11 is 1.52. The number of aliphatic hydroxyl groups is 1. The minimum absolute atomic E-state index is 0.0162. The SMILES string of the molecule is O=C(CSCc1ccc(F)cc1)NC1CCCC1CO. The van der Waals surface area contributed by atoms with Gasteiger partial charge < -0.3 is 10.4 Å². The smallest absolute Gasteiger partial charge is 0.230 e. The van der Waals surface area contributed by atoms with E-state index in [9.17, 15) is 14.3 Å². The van der Waals surface area contributed by atoms with E-state index in [0.29, 0.717) is 11.5 Å². The van der Waals surface area contributed by atoms with Crippen LogP contribution in [0, 0.1) is 11.7 Å². The maximum Gasteiger partial charge on any atom is 0.230 e. The van der Waals surface area contributed by atoms with Crippen molar-refractivity contribution < 1.29 is 14.3 Å². The van der Waals surface area contributed by atoms with Crippen LogP contribution in [0.15, 0.2) is 24.3 Å². The zero-order valence-electron chi connectivity index (χ0n) is 11.3. The molecule has 1 amide bonds. The molecule has 0 spiro atoms. The van der Waals surface area contributed by atoms with Gasteiger partial charge in [-0.1, -0.05) is 18.6 Å². The monoisotopic (exact) mass is 297 g/mol. The molecule has 0 heterocycles. The first-order valence-corrected chi connectivity index (χ1v) is 8.07. The predicted molar refractivity (Wildman–Crippen MR) is 78.9 cm³/mol. The quantitative estimate of drug-likeness (QED) is 0.847. The molecule has 1 saturated carbocycles. The number of nitrogens with one attached hydrogen (secondary N) is 1. The molecule has 2 N–H and O–H groups in total. The van der Waals surface area contributed by atoms with Crippen LogP contribution < -0.4 is 5.32 Å². The molecule has 3 nitrogen and oxygen atoms in total. The van der Waals surface area contributed by atoms with E-state index in [-0.39, 0.29) is 30.3 Å². The van der Waals surface area contributed by atoms with Gasteiger partial charge in [-0.15, -0.1) is 11.8 Å². The van der Waals surface area contributed by atoms with Gasteiger partial charge in [-0.05, 0) is 30.5 Å². The molecule has 1 aromatic carbocycles. The van der Waals surface area contributed by atoms with Crippen molar-refractivity contribution in [3.05, 3.63) is 35.6 Å². The summed E-state index contributed by atoms with van der Waals surface area (Å²) in [6, 6.07) is 6.46. The second-order valence-electron chi connectivity index (χ2n) is 5.17. The Morgan fingerprint density at radius 2 is 2.10 bits per heavy atom. The Morgan fingerprint density at radius 1 is 1.35 bits per heavy atom. The minimum Gasteiger partial charge on any atom is -0.396 e. The number of hydrogen-bond acceptors (Lipinski definition) is 3. The van der Waals surface area contributed by atoms with Gasteiger partial charge in [0.05, 0.1) is 5.75 Å². The average Bonchev–Trinajstić information content (AvgIpc) is 2.88. The van der Waals surface area contributed by atoms with Gasteiger partial charge in [0.25, 0.3) is 0 Å². The summed E-state index contributed by atoms with van der Waals surface area (Å²) in [6.45, 7) is 0.146. The second-order valence-corrected chi connectivity index (χ2v) is 6.15. The number of amides is 1. The number of aliphatic hydroxyl groups excluding tert-OH is 1. The maximum absolute atomic E-state index is 12.7. The Morgan fingerprint density at radius 3 is 2.80 bits per heavy atom. The van der Waals surface area contributed by atoms with Crippen LogP contribution in [-0.4, -0.2) is 29.4 Å². The number of benzene rings is 1. The van der Waals surface area contributed by atoms with Gasteiger partial charge in [0.2, 0.25) is 5.91 Å². The first-order valence-electron chi connectivity index (χ1n) is 6.91. The fraction of sp³-hybridized carbons (Fsp3) is 0.533. The highest BCUT2D eigenvalue weighted by molar-refractivity contribution is 7.99. The third-order valence-corrected chi connectivity index (χ3v) is 4.66. The van der Waals surface area contributed by atoms with Gasteiger partial charge in [0.15, 0.2) is 0 Å². The number of rotatable bonds is 6. The lowest BCUT2D eigenvalue weighted by molar-refractivity contribution is -0.119. The van der Waals surface area contributed by atoms with Crippen LogP contribution in [0.25, 0.3) is 0 Å². The lowest BCUT2D eigenvalue weighted by atomic mass is 10.1. The summed E-state index contributed by atoms with van der Waals surface area (Å²) in [5.41, 5.74) is 1.01. The molecule has 0 saturated heterocycles. The number of hydrogen-bond donors (Lipinski definition) is 2. The minimum atomic E-state index is -0.243. The summed E-state index contributed by atoms with van der Waals surface area (Å²) in [4.78, 5) is 11.8. The summed E-state index contributed by atoms with van der Waals surface area (Å²) in [5, 5.41) is 12.2. The second kappa shape index (κ2) is 7.64. The Labute approximate surface area is 123 Å². The first-order chi connectivity index (χ1) is 9.69. The van der Waals surface area contributed by atoms with Crippen molar-refractivity contribution >= 4 is 17.7 Å². The summed E-state index contributed by atoms with van der Waals surface area (Å²) in [5.74, 6) is 1.07. The van der Waals surface area contributed by atoms with Crippen molar-refractivity contribution in [2.24, 2.45) is 5.92 Å². The molecular weight excluding hydrogens is 277 g/mol. The highest BCUT2D eigenvalue weighted by atomic mass is 32.2. The molecule has 20 heavy (non-hydrogen) atoms. The van der Waals surface area contributed by atoms with Gasteiger partial charge in [0, 0.05) is 24.3 Å². The van der Waals surface area contributed by atoms with E-state index in [1.54, 1.807) is 12.1 Å². The van der Waals surface area contributed by atoms with E-state index in [1.165, 1.54) is 23.9 Å². The van der Waals surface area contributed by atoms with Crippen molar-refractivity contribution in [1.82, 2.24) is 5.32 Å². The van der Waals surface area contributed by atoms with Crippen molar-refractivity contribution in [2.75, 3.05) is 12.4 Å². The van der Waals surface area contributed by atoms with E-state index in [0.717, 1.165) is 24.8 Å². The van der Waals surface area contributed by atoms with Crippen LogP contribution in [0.3, 0.4) is 0 Å². The van der Waals surface area contributed by atoms with Crippen LogP contribution in [0.5, 0.6) is 0 Å². The van der Waals surface area contributed by atoms with Gasteiger partial charge in [-0.25, -0.2) is 4.39 Å². The Bertz CT molecular complexity index is 438. The van der Waals surface area contributed by atoms with Crippen LogP contribution in [0.4, 0.5) is 4.39 Å². The van der Waals surface area contributed by atoms with E-state index >= 15 is 0 Å². The Hall–Kier alpha value is -1.07. The number of carbonyl (C=O) groups excluding carboxylic acids is 1. The van der Waals surface area contributed by atoms with E-state index in [4.69, 9.17) is 0 Å². The van der Waals surface area contributed by atoms with Crippen LogP contribution >= 0.6 is 11.8 Å².